The second-order valence-corrected chi connectivity index (χ2v) is 8.19. The lowest BCUT2D eigenvalue weighted by atomic mass is 9.80. The number of nitrogens with zero attached hydrogens (tertiary/aromatic N) is 1. The third-order valence-corrected chi connectivity index (χ3v) is 5.64. The number of rotatable bonds is 4. The fraction of sp³-hybridized carbons (Fsp3) is 0.944. The van der Waals surface area contributed by atoms with E-state index in [4.69, 9.17) is 0 Å². The first-order valence-electron chi connectivity index (χ1n) is 9.18. The van der Waals surface area contributed by atoms with Gasteiger partial charge < -0.3 is 10.6 Å². The average Bonchev–Trinajstić information content (AvgIpc) is 2.49. The van der Waals surface area contributed by atoms with E-state index in [0.29, 0.717) is 12.0 Å². The number of hydrogen-bond acceptors (Lipinski definition) is 2. The van der Waals surface area contributed by atoms with Crippen LogP contribution in [-0.4, -0.2) is 42.1 Å². The third-order valence-electron chi connectivity index (χ3n) is 5.64. The van der Waals surface area contributed by atoms with Crippen molar-refractivity contribution in [1.82, 2.24) is 15.5 Å². The summed E-state index contributed by atoms with van der Waals surface area (Å²) in [5, 5.41) is 6.30. The normalized spacial score (nSPS) is 30.8. The molecule has 2 fully saturated rings. The molecule has 0 spiro atoms. The standard InChI is InChI=1S/C18H35N3O/c1-14-8-9-16(15(2)12-14)20-17(22)19-13-18(3,4)21-10-6-5-7-11-21/h14-16H,5-13H2,1-4H3,(H2,19,20,22)/t14-,15-,16-/m1/s1. The van der Waals surface area contributed by atoms with Gasteiger partial charge in [-0.3, -0.25) is 4.90 Å². The minimum atomic E-state index is 0.0106. The van der Waals surface area contributed by atoms with Crippen LogP contribution in [0.25, 0.3) is 0 Å². The van der Waals surface area contributed by atoms with Crippen LogP contribution in [0.5, 0.6) is 0 Å². The number of piperidine rings is 1. The van der Waals surface area contributed by atoms with Crippen LogP contribution < -0.4 is 10.6 Å². The van der Waals surface area contributed by atoms with Gasteiger partial charge in [0.15, 0.2) is 0 Å². The molecule has 22 heavy (non-hydrogen) atoms. The summed E-state index contributed by atoms with van der Waals surface area (Å²) in [4.78, 5) is 14.7. The molecule has 0 aromatic heterocycles. The summed E-state index contributed by atoms with van der Waals surface area (Å²) in [6.07, 6.45) is 7.49. The number of nitrogens with one attached hydrogen (secondary N) is 2. The predicted molar refractivity (Wildman–Crippen MR) is 92.0 cm³/mol. The Morgan fingerprint density at radius 2 is 1.82 bits per heavy atom. The molecule has 1 saturated carbocycles. The maximum absolute atomic E-state index is 12.2. The van der Waals surface area contributed by atoms with E-state index in [1.165, 1.54) is 32.1 Å². The van der Waals surface area contributed by atoms with Gasteiger partial charge >= 0.3 is 6.03 Å². The lowest BCUT2D eigenvalue weighted by Gasteiger charge is -2.41. The van der Waals surface area contributed by atoms with Crippen molar-refractivity contribution in [2.45, 2.75) is 77.8 Å². The summed E-state index contributed by atoms with van der Waals surface area (Å²) in [6, 6.07) is 0.353. The highest BCUT2D eigenvalue weighted by atomic mass is 16.2. The van der Waals surface area contributed by atoms with Gasteiger partial charge in [-0.1, -0.05) is 20.3 Å². The van der Waals surface area contributed by atoms with Gasteiger partial charge in [-0.2, -0.15) is 0 Å². The first kappa shape index (κ1) is 17.6. The van der Waals surface area contributed by atoms with Gasteiger partial charge in [-0.15, -0.1) is 0 Å². The van der Waals surface area contributed by atoms with Crippen molar-refractivity contribution in [3.8, 4) is 0 Å². The van der Waals surface area contributed by atoms with E-state index >= 15 is 0 Å². The number of carbonyl (C=O) groups is 1. The molecule has 0 aromatic rings. The second-order valence-electron chi connectivity index (χ2n) is 8.19. The van der Waals surface area contributed by atoms with E-state index in [1.54, 1.807) is 0 Å². The molecule has 1 heterocycles. The van der Waals surface area contributed by atoms with Crippen molar-refractivity contribution >= 4 is 6.03 Å². The quantitative estimate of drug-likeness (QED) is 0.836. The minimum absolute atomic E-state index is 0.0106. The molecule has 0 aromatic carbocycles. The monoisotopic (exact) mass is 309 g/mol. The summed E-state index contributed by atoms with van der Waals surface area (Å²) in [6.45, 7) is 12.1. The maximum atomic E-state index is 12.2. The van der Waals surface area contributed by atoms with Crippen LogP contribution in [-0.2, 0) is 0 Å². The number of urea groups is 1. The Balaban J connectivity index is 1.74. The smallest absolute Gasteiger partial charge is 0.315 e. The Labute approximate surface area is 136 Å². The van der Waals surface area contributed by atoms with Gasteiger partial charge in [0, 0.05) is 18.1 Å². The maximum Gasteiger partial charge on any atom is 0.315 e. The first-order chi connectivity index (χ1) is 10.4. The summed E-state index contributed by atoms with van der Waals surface area (Å²) in [7, 11) is 0. The lowest BCUT2D eigenvalue weighted by Crippen LogP contribution is -2.56. The SMILES string of the molecule is C[C@@H]1CC[C@@H](NC(=O)NCC(C)(C)N2CCCCC2)[C@H](C)C1. The van der Waals surface area contributed by atoms with Crippen LogP contribution in [0.2, 0.25) is 0 Å². The number of carbonyl (C=O) groups excluding carboxylic acids is 1. The van der Waals surface area contributed by atoms with Gasteiger partial charge in [0.2, 0.25) is 0 Å². The summed E-state index contributed by atoms with van der Waals surface area (Å²) >= 11 is 0. The van der Waals surface area contributed by atoms with E-state index in [9.17, 15) is 4.79 Å². The summed E-state index contributed by atoms with van der Waals surface area (Å²) in [5.74, 6) is 1.39. The third kappa shape index (κ3) is 4.87. The van der Waals surface area contributed by atoms with Gasteiger partial charge in [-0.05, 0) is 70.9 Å². The van der Waals surface area contributed by atoms with Gasteiger partial charge in [-0.25, -0.2) is 4.79 Å². The Kier molecular flexibility index (Phi) is 6.13. The van der Waals surface area contributed by atoms with Gasteiger partial charge in [0.05, 0.1) is 0 Å². The van der Waals surface area contributed by atoms with Crippen molar-refractivity contribution in [2.75, 3.05) is 19.6 Å². The second kappa shape index (κ2) is 7.67. The summed E-state index contributed by atoms with van der Waals surface area (Å²) < 4.78 is 0. The zero-order chi connectivity index (χ0) is 16.2. The van der Waals surface area contributed by atoms with Gasteiger partial charge in [0.25, 0.3) is 0 Å². The number of amides is 2. The van der Waals surface area contributed by atoms with Gasteiger partial charge in [0.1, 0.15) is 0 Å². The Bertz CT molecular complexity index is 363. The van der Waals surface area contributed by atoms with Crippen molar-refractivity contribution in [3.63, 3.8) is 0 Å². The molecule has 4 nitrogen and oxygen atoms in total. The molecule has 1 aliphatic heterocycles. The van der Waals surface area contributed by atoms with Crippen molar-refractivity contribution in [3.05, 3.63) is 0 Å². The predicted octanol–water partition coefficient (Wildman–Crippen LogP) is 3.37. The molecule has 1 aliphatic carbocycles. The lowest BCUT2D eigenvalue weighted by molar-refractivity contribution is 0.0955. The Morgan fingerprint density at radius 3 is 2.45 bits per heavy atom. The van der Waals surface area contributed by atoms with Crippen LogP contribution in [0.4, 0.5) is 4.79 Å². The molecule has 3 atom stereocenters. The number of likely N-dealkylation sites (tertiary alicyclic amines) is 1. The molecule has 2 N–H and O–H groups in total. The summed E-state index contributed by atoms with van der Waals surface area (Å²) in [5.41, 5.74) is 0.0461. The van der Waals surface area contributed by atoms with E-state index in [2.05, 4.69) is 43.2 Å². The molecule has 4 heteroatoms. The first-order valence-corrected chi connectivity index (χ1v) is 9.18. The van der Waals surface area contributed by atoms with Crippen LogP contribution >= 0.6 is 0 Å². The van der Waals surface area contributed by atoms with E-state index in [-0.39, 0.29) is 11.6 Å². The Morgan fingerprint density at radius 1 is 1.14 bits per heavy atom. The average molecular weight is 309 g/mol. The molecular weight excluding hydrogens is 274 g/mol. The molecule has 0 unspecified atom stereocenters. The highest BCUT2D eigenvalue weighted by Gasteiger charge is 2.30. The van der Waals surface area contributed by atoms with Crippen LogP contribution in [0, 0.1) is 11.8 Å². The fourth-order valence-electron chi connectivity index (χ4n) is 4.01. The number of hydrogen-bond donors (Lipinski definition) is 2. The molecule has 0 radical (unpaired) electrons. The minimum Gasteiger partial charge on any atom is -0.336 e. The largest absolute Gasteiger partial charge is 0.336 e. The molecule has 1 saturated heterocycles. The molecular formula is C18H35N3O. The van der Waals surface area contributed by atoms with Crippen LogP contribution in [0.3, 0.4) is 0 Å². The van der Waals surface area contributed by atoms with E-state index in [0.717, 1.165) is 32.0 Å². The highest BCUT2D eigenvalue weighted by Crippen LogP contribution is 2.28. The molecule has 2 aliphatic rings. The van der Waals surface area contributed by atoms with Crippen molar-refractivity contribution in [1.29, 1.82) is 0 Å². The highest BCUT2D eigenvalue weighted by molar-refractivity contribution is 5.74. The zero-order valence-corrected chi connectivity index (χ0v) is 15.0. The van der Waals surface area contributed by atoms with E-state index in [1.807, 2.05) is 0 Å². The molecule has 2 rings (SSSR count). The molecule has 2 amide bonds. The van der Waals surface area contributed by atoms with Crippen LogP contribution in [0.15, 0.2) is 0 Å². The van der Waals surface area contributed by atoms with E-state index < -0.39 is 0 Å². The fourth-order valence-corrected chi connectivity index (χ4v) is 4.01. The molecule has 128 valence electrons. The zero-order valence-electron chi connectivity index (χ0n) is 15.0. The van der Waals surface area contributed by atoms with Crippen molar-refractivity contribution < 1.29 is 4.79 Å². The van der Waals surface area contributed by atoms with Crippen LogP contribution in [0.1, 0.15) is 66.2 Å². The Hall–Kier alpha value is -0.770. The topological polar surface area (TPSA) is 44.4 Å². The molecule has 0 bridgehead atoms. The van der Waals surface area contributed by atoms with Crippen molar-refractivity contribution in [2.24, 2.45) is 11.8 Å².